The molecule has 0 heterocycles. The van der Waals surface area contributed by atoms with E-state index < -0.39 is 0 Å². The second-order valence-electron chi connectivity index (χ2n) is 5.18. The molecule has 0 N–H and O–H groups in total. The Labute approximate surface area is 136 Å². The first-order chi connectivity index (χ1) is 11.2. The van der Waals surface area contributed by atoms with Crippen LogP contribution in [0.3, 0.4) is 0 Å². The zero-order chi connectivity index (χ0) is 16.7. The van der Waals surface area contributed by atoms with E-state index in [0.717, 1.165) is 18.4 Å². The smallest absolute Gasteiger partial charge is 0.203 e. The Balaban J connectivity index is 2.25. The zero-order valence-corrected chi connectivity index (χ0v) is 12.9. The van der Waals surface area contributed by atoms with Gasteiger partial charge in [-0.2, -0.15) is 10.5 Å². The molecule has 0 saturated heterocycles. The van der Waals surface area contributed by atoms with Crippen molar-refractivity contribution in [3.05, 3.63) is 76.4 Å². The van der Waals surface area contributed by atoms with E-state index in [1.165, 1.54) is 5.56 Å². The number of carbonyl (C=O) groups is 1. The van der Waals surface area contributed by atoms with Crippen LogP contribution in [0, 0.1) is 22.7 Å². The Morgan fingerprint density at radius 1 is 1.04 bits per heavy atom. The summed E-state index contributed by atoms with van der Waals surface area (Å²) in [6.07, 6.45) is 3.57. The van der Waals surface area contributed by atoms with Crippen LogP contribution in [0.2, 0.25) is 0 Å². The summed E-state index contributed by atoms with van der Waals surface area (Å²) in [4.78, 5) is 12.4. The minimum Gasteiger partial charge on any atom is -0.288 e. The molecule has 0 aliphatic rings. The fourth-order valence-electron chi connectivity index (χ4n) is 2.24. The fourth-order valence-corrected chi connectivity index (χ4v) is 2.24. The maximum atomic E-state index is 12.4. The molecule has 2 aromatic rings. The van der Waals surface area contributed by atoms with Gasteiger partial charge in [-0.15, -0.1) is 0 Å². The van der Waals surface area contributed by atoms with Crippen molar-refractivity contribution in [3.8, 4) is 12.1 Å². The topological polar surface area (TPSA) is 64.7 Å². The molecule has 112 valence electrons. The Morgan fingerprint density at radius 3 is 2.22 bits per heavy atom. The highest BCUT2D eigenvalue weighted by Crippen LogP contribution is 2.15. The van der Waals surface area contributed by atoms with Gasteiger partial charge in [-0.1, -0.05) is 49.7 Å². The molecule has 0 atom stereocenters. The highest BCUT2D eigenvalue weighted by atomic mass is 16.1. The number of rotatable bonds is 5. The van der Waals surface area contributed by atoms with Crippen LogP contribution < -0.4 is 0 Å². The van der Waals surface area contributed by atoms with Crippen molar-refractivity contribution >= 4 is 11.9 Å². The molecule has 2 aromatic carbocycles. The van der Waals surface area contributed by atoms with Crippen LogP contribution in [0.1, 0.15) is 40.4 Å². The van der Waals surface area contributed by atoms with Gasteiger partial charge in [-0.25, -0.2) is 0 Å². The summed E-state index contributed by atoms with van der Waals surface area (Å²) in [6.45, 7) is 2.10. The summed E-state index contributed by atoms with van der Waals surface area (Å²) in [5.41, 5.74) is 3.03. The Morgan fingerprint density at radius 2 is 1.70 bits per heavy atom. The first kappa shape index (κ1) is 16.2. The van der Waals surface area contributed by atoms with Crippen LogP contribution in [0.4, 0.5) is 0 Å². The lowest BCUT2D eigenvalue weighted by Crippen LogP contribution is -2.02. The number of nitrogens with zero attached hydrogens (tertiary/aromatic N) is 2. The monoisotopic (exact) mass is 300 g/mol. The van der Waals surface area contributed by atoms with Crippen molar-refractivity contribution in [1.29, 1.82) is 10.5 Å². The van der Waals surface area contributed by atoms with Gasteiger partial charge in [0.15, 0.2) is 0 Å². The molecule has 0 bridgehead atoms. The van der Waals surface area contributed by atoms with E-state index in [-0.39, 0.29) is 11.4 Å². The van der Waals surface area contributed by atoms with E-state index in [1.807, 2.05) is 24.3 Å². The number of nitriles is 2. The number of aryl methyl sites for hydroxylation is 1. The summed E-state index contributed by atoms with van der Waals surface area (Å²) in [7, 11) is 0. The molecule has 23 heavy (non-hydrogen) atoms. The highest BCUT2D eigenvalue weighted by Gasteiger charge is 2.12. The lowest BCUT2D eigenvalue weighted by molar-refractivity contribution is 0.104. The molecule has 3 heteroatoms. The van der Waals surface area contributed by atoms with Gasteiger partial charge in [0.1, 0.15) is 11.6 Å². The molecule has 0 unspecified atom stereocenters. The van der Waals surface area contributed by atoms with Crippen LogP contribution in [0.25, 0.3) is 6.08 Å². The molecule has 0 fully saturated rings. The quantitative estimate of drug-likeness (QED) is 0.470. The number of hydrogen-bond acceptors (Lipinski definition) is 3. The third kappa shape index (κ3) is 4.15. The number of hydrogen-bond donors (Lipinski definition) is 0. The minimum absolute atomic E-state index is 0.0814. The fraction of sp³-hybridized carbons (Fsp3) is 0.150. The van der Waals surface area contributed by atoms with Gasteiger partial charge >= 0.3 is 0 Å². The van der Waals surface area contributed by atoms with Gasteiger partial charge in [0.25, 0.3) is 0 Å². The number of benzene rings is 2. The molecular weight excluding hydrogens is 284 g/mol. The summed E-state index contributed by atoms with van der Waals surface area (Å²) in [5, 5.41) is 18.0. The Bertz CT molecular complexity index is 801. The molecule has 0 aliphatic heterocycles. The molecule has 0 aliphatic carbocycles. The van der Waals surface area contributed by atoms with Gasteiger partial charge in [-0.05, 0) is 35.8 Å². The largest absolute Gasteiger partial charge is 0.288 e. The molecule has 0 saturated carbocycles. The Kier molecular flexibility index (Phi) is 5.45. The number of Topliss-reactive ketones (excluding diaryl/α,β-unsaturated/α-hetero) is 1. The number of allylic oxidation sites excluding steroid dienone is 1. The maximum absolute atomic E-state index is 12.4. The van der Waals surface area contributed by atoms with Crippen LogP contribution in [0.15, 0.2) is 54.1 Å². The van der Waals surface area contributed by atoms with Gasteiger partial charge in [0, 0.05) is 5.56 Å². The van der Waals surface area contributed by atoms with Gasteiger partial charge in [-0.3, -0.25) is 4.79 Å². The standard InChI is InChI=1S/C20H16N2O/c1-2-3-15-8-10-18(11-9-15)20(23)19(14-22)12-16-4-6-17(13-21)7-5-16/h4-12H,2-3H2,1H3/b19-12+. The lowest BCUT2D eigenvalue weighted by atomic mass is 9.99. The van der Waals surface area contributed by atoms with Crippen LogP contribution >= 0.6 is 0 Å². The lowest BCUT2D eigenvalue weighted by Gasteiger charge is -2.02. The van der Waals surface area contributed by atoms with E-state index in [2.05, 4.69) is 6.92 Å². The van der Waals surface area contributed by atoms with Crippen LogP contribution in [-0.4, -0.2) is 5.78 Å². The third-order valence-electron chi connectivity index (χ3n) is 3.47. The normalized spacial score (nSPS) is 10.7. The maximum Gasteiger partial charge on any atom is 0.203 e. The molecule has 0 radical (unpaired) electrons. The summed E-state index contributed by atoms with van der Waals surface area (Å²) in [6, 6.07) is 18.1. The average Bonchev–Trinajstić information content (AvgIpc) is 2.60. The van der Waals surface area contributed by atoms with Crippen molar-refractivity contribution in [1.82, 2.24) is 0 Å². The van der Waals surface area contributed by atoms with Crippen LogP contribution in [0.5, 0.6) is 0 Å². The molecule has 2 rings (SSSR count). The zero-order valence-electron chi connectivity index (χ0n) is 12.9. The van der Waals surface area contributed by atoms with E-state index in [1.54, 1.807) is 42.5 Å². The van der Waals surface area contributed by atoms with E-state index in [9.17, 15) is 10.1 Å². The summed E-state index contributed by atoms with van der Waals surface area (Å²) in [5.74, 6) is -0.292. The highest BCUT2D eigenvalue weighted by molar-refractivity contribution is 6.14. The predicted octanol–water partition coefficient (Wildman–Crippen LogP) is 4.30. The summed E-state index contributed by atoms with van der Waals surface area (Å²) < 4.78 is 0. The van der Waals surface area contributed by atoms with Crippen molar-refractivity contribution in [2.24, 2.45) is 0 Å². The van der Waals surface area contributed by atoms with Crippen molar-refractivity contribution in [3.63, 3.8) is 0 Å². The third-order valence-corrected chi connectivity index (χ3v) is 3.47. The molecule has 0 aromatic heterocycles. The predicted molar refractivity (Wildman–Crippen MR) is 89.5 cm³/mol. The minimum atomic E-state index is -0.292. The van der Waals surface area contributed by atoms with Gasteiger partial charge in [0.2, 0.25) is 5.78 Å². The van der Waals surface area contributed by atoms with Gasteiger partial charge < -0.3 is 0 Å². The summed E-state index contributed by atoms with van der Waals surface area (Å²) >= 11 is 0. The van der Waals surface area contributed by atoms with Gasteiger partial charge in [0.05, 0.1) is 11.6 Å². The van der Waals surface area contributed by atoms with Crippen LogP contribution in [-0.2, 0) is 6.42 Å². The molecule has 0 amide bonds. The van der Waals surface area contributed by atoms with Crippen molar-refractivity contribution < 1.29 is 4.79 Å². The Hall–Kier alpha value is -3.17. The molecule has 0 spiro atoms. The second-order valence-corrected chi connectivity index (χ2v) is 5.18. The molecule has 3 nitrogen and oxygen atoms in total. The van der Waals surface area contributed by atoms with E-state index in [4.69, 9.17) is 5.26 Å². The number of carbonyl (C=O) groups excluding carboxylic acids is 1. The first-order valence-electron chi connectivity index (χ1n) is 7.43. The average molecular weight is 300 g/mol. The van der Waals surface area contributed by atoms with E-state index in [0.29, 0.717) is 11.1 Å². The first-order valence-corrected chi connectivity index (χ1v) is 7.43. The van der Waals surface area contributed by atoms with E-state index >= 15 is 0 Å². The number of ketones is 1. The van der Waals surface area contributed by atoms with Crippen molar-refractivity contribution in [2.75, 3.05) is 0 Å². The van der Waals surface area contributed by atoms with Crippen molar-refractivity contribution in [2.45, 2.75) is 19.8 Å². The second kappa shape index (κ2) is 7.73. The molecular formula is C20H16N2O. The SMILES string of the molecule is CCCc1ccc(C(=O)/C(C#N)=C/c2ccc(C#N)cc2)cc1.